The Labute approximate surface area is 209 Å². The molecule has 182 valence electrons. The molecule has 3 atom stereocenters. The lowest BCUT2D eigenvalue weighted by molar-refractivity contribution is -0.151. The third-order valence-electron chi connectivity index (χ3n) is 7.67. The summed E-state index contributed by atoms with van der Waals surface area (Å²) in [5.74, 6) is -1.62. The Bertz CT molecular complexity index is 1560. The summed E-state index contributed by atoms with van der Waals surface area (Å²) in [6.45, 7) is 4.96. The van der Waals surface area contributed by atoms with Crippen LogP contribution in [0.5, 0.6) is 0 Å². The molecule has 2 aliphatic rings. The van der Waals surface area contributed by atoms with E-state index in [2.05, 4.69) is 64.6 Å². The van der Waals surface area contributed by atoms with Gasteiger partial charge in [-0.05, 0) is 55.2 Å². The molecule has 6 heteroatoms. The number of nitrogens with one attached hydrogen (secondary N) is 2. The molecular weight excluding hydrogens is 450 g/mol. The molecular formula is C30H29N3O3. The van der Waals surface area contributed by atoms with E-state index in [9.17, 15) is 9.59 Å². The summed E-state index contributed by atoms with van der Waals surface area (Å²) in [5.41, 5.74) is 6.67. The predicted molar refractivity (Wildman–Crippen MR) is 143 cm³/mol. The van der Waals surface area contributed by atoms with Crippen LogP contribution in [0.3, 0.4) is 0 Å². The van der Waals surface area contributed by atoms with Gasteiger partial charge in [-0.3, -0.25) is 9.59 Å². The summed E-state index contributed by atoms with van der Waals surface area (Å²) < 4.78 is 7.36. The molecule has 0 saturated carbocycles. The number of anilines is 2. The molecule has 2 heterocycles. The Morgan fingerprint density at radius 2 is 1.72 bits per heavy atom. The van der Waals surface area contributed by atoms with Crippen LogP contribution < -0.4 is 10.6 Å². The number of carbonyl (C=O) groups excluding carboxylic acids is 2. The number of para-hydroxylation sites is 3. The first-order valence-electron chi connectivity index (χ1n) is 12.5. The summed E-state index contributed by atoms with van der Waals surface area (Å²) in [7, 11) is 1.35. The van der Waals surface area contributed by atoms with E-state index in [1.54, 1.807) is 0 Å². The van der Waals surface area contributed by atoms with Crippen LogP contribution in [0.4, 0.5) is 11.4 Å². The number of aromatic nitrogens is 1. The first-order valence-corrected chi connectivity index (χ1v) is 12.5. The molecule has 0 amide bonds. The first-order chi connectivity index (χ1) is 17.5. The number of aryl methyl sites for hydroxylation is 1. The lowest BCUT2D eigenvalue weighted by atomic mass is 9.74. The molecule has 6 nitrogen and oxygen atoms in total. The van der Waals surface area contributed by atoms with Crippen molar-refractivity contribution in [3.05, 3.63) is 83.6 Å². The molecule has 1 aliphatic carbocycles. The van der Waals surface area contributed by atoms with E-state index in [1.165, 1.54) is 23.5 Å². The van der Waals surface area contributed by atoms with Gasteiger partial charge in [-0.15, -0.1) is 0 Å². The number of hydrogen-bond acceptors (Lipinski definition) is 5. The summed E-state index contributed by atoms with van der Waals surface area (Å²) in [6, 6.07) is 22.4. The van der Waals surface area contributed by atoms with E-state index < -0.39 is 17.9 Å². The smallest absolute Gasteiger partial charge is 0.316 e. The Hall–Kier alpha value is -4.06. The van der Waals surface area contributed by atoms with Crippen molar-refractivity contribution < 1.29 is 14.3 Å². The number of esters is 1. The maximum absolute atomic E-state index is 13.9. The van der Waals surface area contributed by atoms with Gasteiger partial charge in [-0.2, -0.15) is 0 Å². The number of methoxy groups -OCH3 is 1. The highest BCUT2D eigenvalue weighted by atomic mass is 16.5. The number of benzene rings is 3. The van der Waals surface area contributed by atoms with E-state index in [4.69, 9.17) is 4.74 Å². The molecule has 6 rings (SSSR count). The maximum atomic E-state index is 13.9. The number of allylic oxidation sites excluding steroid dienone is 1. The third kappa shape index (κ3) is 3.32. The van der Waals surface area contributed by atoms with Crippen molar-refractivity contribution in [2.24, 2.45) is 11.8 Å². The van der Waals surface area contributed by atoms with Crippen molar-refractivity contribution in [1.82, 2.24) is 4.57 Å². The quantitative estimate of drug-likeness (QED) is 0.277. The van der Waals surface area contributed by atoms with Crippen LogP contribution >= 0.6 is 0 Å². The highest BCUT2D eigenvalue weighted by Gasteiger charge is 2.44. The minimum absolute atomic E-state index is 0.160. The highest BCUT2D eigenvalue weighted by Crippen LogP contribution is 2.44. The molecule has 0 spiro atoms. The minimum atomic E-state index is -0.813. The van der Waals surface area contributed by atoms with Crippen LogP contribution in [0.1, 0.15) is 31.9 Å². The summed E-state index contributed by atoms with van der Waals surface area (Å²) in [5, 5.41) is 9.49. The number of hydrogen-bond donors (Lipinski definition) is 2. The Morgan fingerprint density at radius 3 is 2.50 bits per heavy atom. The van der Waals surface area contributed by atoms with Gasteiger partial charge in [0.15, 0.2) is 5.78 Å². The Balaban J connectivity index is 1.57. The second-order valence-electron chi connectivity index (χ2n) is 9.72. The average molecular weight is 480 g/mol. The van der Waals surface area contributed by atoms with E-state index in [0.717, 1.165) is 34.6 Å². The van der Waals surface area contributed by atoms with Crippen molar-refractivity contribution in [2.45, 2.75) is 32.9 Å². The minimum Gasteiger partial charge on any atom is -0.468 e. The third-order valence-corrected chi connectivity index (χ3v) is 7.67. The molecule has 0 unspecified atom stereocenters. The fourth-order valence-corrected chi connectivity index (χ4v) is 5.98. The van der Waals surface area contributed by atoms with Crippen molar-refractivity contribution in [1.29, 1.82) is 0 Å². The molecule has 0 radical (unpaired) electrons. The van der Waals surface area contributed by atoms with E-state index in [1.807, 2.05) is 31.2 Å². The maximum Gasteiger partial charge on any atom is 0.316 e. The Morgan fingerprint density at radius 1 is 1.00 bits per heavy atom. The molecule has 0 saturated heterocycles. The summed E-state index contributed by atoms with van der Waals surface area (Å²) in [4.78, 5) is 26.6. The van der Waals surface area contributed by atoms with E-state index in [-0.39, 0.29) is 11.7 Å². The monoisotopic (exact) mass is 479 g/mol. The molecule has 1 aliphatic heterocycles. The second kappa shape index (κ2) is 8.55. The lowest BCUT2D eigenvalue weighted by Gasteiger charge is -2.32. The van der Waals surface area contributed by atoms with Crippen molar-refractivity contribution >= 4 is 44.9 Å². The molecule has 3 aromatic carbocycles. The van der Waals surface area contributed by atoms with Crippen LogP contribution in [0, 0.1) is 11.8 Å². The molecule has 4 aromatic rings. The number of rotatable bonds is 3. The topological polar surface area (TPSA) is 72.4 Å². The number of carbonyl (C=O) groups is 2. The second-order valence-corrected chi connectivity index (χ2v) is 9.72. The molecule has 0 bridgehead atoms. The van der Waals surface area contributed by atoms with Crippen LogP contribution in [-0.4, -0.2) is 23.4 Å². The van der Waals surface area contributed by atoms with Gasteiger partial charge < -0.3 is 19.9 Å². The number of ketones is 1. The number of fused-ring (bicyclic) bond motifs is 4. The zero-order valence-electron chi connectivity index (χ0n) is 20.7. The van der Waals surface area contributed by atoms with Crippen LogP contribution in [-0.2, 0) is 20.9 Å². The van der Waals surface area contributed by atoms with E-state index >= 15 is 0 Å². The zero-order chi connectivity index (χ0) is 25.0. The fraction of sp³-hybridized carbons (Fsp3) is 0.267. The van der Waals surface area contributed by atoms with E-state index in [0.29, 0.717) is 12.0 Å². The summed E-state index contributed by atoms with van der Waals surface area (Å²) in [6.07, 6.45) is 0.588. The van der Waals surface area contributed by atoms with Gasteiger partial charge in [0.25, 0.3) is 0 Å². The normalized spacial score (nSPS) is 21.4. The van der Waals surface area contributed by atoms with Gasteiger partial charge in [0.2, 0.25) is 0 Å². The van der Waals surface area contributed by atoms with Crippen molar-refractivity contribution in [2.75, 3.05) is 17.7 Å². The van der Waals surface area contributed by atoms with Crippen LogP contribution in [0.25, 0.3) is 21.8 Å². The standard InChI is InChI=1S/C30H29N3O3/c1-4-33-24-12-8-5-9-19(24)20-16-18(13-14-25(20)33)28-27-23(31-21-10-6-7-11-22(21)32-28)15-17(2)26(29(27)34)30(35)36-3/h5-14,16-17,26,28,31-32H,4,15H2,1-3H3/t17-,26+,28+/m1/s1. The molecule has 0 fully saturated rings. The number of Topliss-reactive ketones (excluding diaryl/α,β-unsaturated/α-hetero) is 1. The fourth-order valence-electron chi connectivity index (χ4n) is 5.98. The SMILES string of the molecule is CCn1c2ccccc2c2cc([C@@H]3Nc4ccccc4NC4=C3C(=O)[C@@H](C(=O)OC)[C@H](C)C4)ccc21. The predicted octanol–water partition coefficient (Wildman–Crippen LogP) is 6.05. The van der Waals surface area contributed by atoms with Gasteiger partial charge in [-0.1, -0.05) is 43.3 Å². The van der Waals surface area contributed by atoms with Crippen molar-refractivity contribution in [3.63, 3.8) is 0 Å². The molecule has 36 heavy (non-hydrogen) atoms. The Kier molecular flexibility index (Phi) is 5.32. The van der Waals surface area contributed by atoms with Gasteiger partial charge >= 0.3 is 5.97 Å². The molecule has 1 aromatic heterocycles. The summed E-state index contributed by atoms with van der Waals surface area (Å²) >= 11 is 0. The highest BCUT2D eigenvalue weighted by molar-refractivity contribution is 6.12. The average Bonchev–Trinajstić information content (AvgIpc) is 3.10. The van der Waals surface area contributed by atoms with Crippen molar-refractivity contribution in [3.8, 4) is 0 Å². The lowest BCUT2D eigenvalue weighted by Crippen LogP contribution is -2.39. The largest absolute Gasteiger partial charge is 0.468 e. The van der Waals surface area contributed by atoms with Gasteiger partial charge in [0.1, 0.15) is 5.92 Å². The number of nitrogens with zero attached hydrogens (tertiary/aromatic N) is 1. The first kappa shape index (κ1) is 22.4. The van der Waals surface area contributed by atoms with Gasteiger partial charge in [0, 0.05) is 39.6 Å². The van der Waals surface area contributed by atoms with Crippen LogP contribution in [0.15, 0.2) is 78.0 Å². The zero-order valence-corrected chi connectivity index (χ0v) is 20.7. The van der Waals surface area contributed by atoms with Gasteiger partial charge in [-0.25, -0.2) is 0 Å². The molecule has 2 N–H and O–H groups in total. The number of ether oxygens (including phenoxy) is 1. The van der Waals surface area contributed by atoms with Gasteiger partial charge in [0.05, 0.1) is 24.5 Å². The van der Waals surface area contributed by atoms with Crippen LogP contribution in [0.2, 0.25) is 0 Å².